The van der Waals surface area contributed by atoms with E-state index in [4.69, 9.17) is 15.2 Å². The Kier molecular flexibility index (Phi) is 5.01. The van der Waals surface area contributed by atoms with Gasteiger partial charge in [0.15, 0.2) is 11.5 Å². The fourth-order valence-corrected chi connectivity index (χ4v) is 3.27. The van der Waals surface area contributed by atoms with Gasteiger partial charge in [-0.05, 0) is 29.4 Å². The lowest BCUT2D eigenvalue weighted by Gasteiger charge is -2.10. The van der Waals surface area contributed by atoms with Gasteiger partial charge in [0.2, 0.25) is 12.7 Å². The number of amides is 1. The second kappa shape index (κ2) is 7.08. The Morgan fingerprint density at radius 3 is 2.46 bits per heavy atom. The van der Waals surface area contributed by atoms with Crippen molar-refractivity contribution in [1.82, 2.24) is 0 Å². The van der Waals surface area contributed by atoms with Gasteiger partial charge in [0.1, 0.15) is 0 Å². The van der Waals surface area contributed by atoms with E-state index in [1.165, 1.54) is 11.1 Å². The zero-order valence-corrected chi connectivity index (χ0v) is 15.6. The van der Waals surface area contributed by atoms with E-state index in [2.05, 4.69) is 43.4 Å². The molecule has 2 aromatic carbocycles. The third-order valence-electron chi connectivity index (χ3n) is 4.96. The third-order valence-corrected chi connectivity index (χ3v) is 4.96. The monoisotopic (exact) mass is 374 g/mol. The van der Waals surface area contributed by atoms with Gasteiger partial charge >= 0.3 is 0 Å². The van der Waals surface area contributed by atoms with E-state index in [-0.39, 0.29) is 36.9 Å². The van der Waals surface area contributed by atoms with Gasteiger partial charge in [-0.2, -0.15) is 0 Å². The Morgan fingerprint density at radius 2 is 1.81 bits per heavy atom. The average Bonchev–Trinajstić information content (AvgIpc) is 3.28. The molecule has 1 heterocycles. The highest BCUT2D eigenvalue weighted by atomic mass is 35.5. The van der Waals surface area contributed by atoms with Gasteiger partial charge in [0.05, 0.1) is 11.4 Å². The van der Waals surface area contributed by atoms with Crippen molar-refractivity contribution in [3.63, 3.8) is 0 Å². The predicted molar refractivity (Wildman–Crippen MR) is 104 cm³/mol. The number of hydrogen-bond donors (Lipinski definition) is 2. The molecule has 2 atom stereocenters. The van der Waals surface area contributed by atoms with E-state index >= 15 is 0 Å². The number of carbonyl (C=O) groups is 1. The number of anilines is 2. The summed E-state index contributed by atoms with van der Waals surface area (Å²) in [5, 5.41) is 2.93. The van der Waals surface area contributed by atoms with Crippen molar-refractivity contribution in [2.45, 2.75) is 32.1 Å². The molecule has 5 nitrogen and oxygen atoms in total. The highest BCUT2D eigenvalue weighted by Crippen LogP contribution is 2.48. The van der Waals surface area contributed by atoms with Gasteiger partial charge in [0.25, 0.3) is 0 Å². The second-order valence-electron chi connectivity index (χ2n) is 7.05. The van der Waals surface area contributed by atoms with E-state index in [9.17, 15) is 4.79 Å². The SMILES string of the molecule is CC(C)c1ccc(C2CC2C(=O)Nc2cc3c(cc2N)OCO3)cc1.Cl. The van der Waals surface area contributed by atoms with Crippen LogP contribution in [-0.2, 0) is 4.79 Å². The molecule has 1 fully saturated rings. The van der Waals surface area contributed by atoms with Crippen LogP contribution in [0, 0.1) is 5.92 Å². The topological polar surface area (TPSA) is 73.6 Å². The molecule has 2 aromatic rings. The third kappa shape index (κ3) is 3.44. The molecule has 0 saturated heterocycles. The van der Waals surface area contributed by atoms with Gasteiger partial charge in [-0.15, -0.1) is 12.4 Å². The molecule has 1 aliphatic carbocycles. The summed E-state index contributed by atoms with van der Waals surface area (Å²) in [5.74, 6) is 2.03. The summed E-state index contributed by atoms with van der Waals surface area (Å²) in [7, 11) is 0. The Labute approximate surface area is 159 Å². The van der Waals surface area contributed by atoms with Crippen molar-refractivity contribution in [3.05, 3.63) is 47.5 Å². The molecule has 3 N–H and O–H groups in total. The smallest absolute Gasteiger partial charge is 0.231 e. The van der Waals surface area contributed by atoms with E-state index < -0.39 is 0 Å². The summed E-state index contributed by atoms with van der Waals surface area (Å²) in [5.41, 5.74) is 9.61. The number of benzene rings is 2. The Bertz CT molecular complexity index is 821. The molecule has 0 spiro atoms. The number of halogens is 1. The van der Waals surface area contributed by atoms with E-state index in [1.807, 2.05) is 0 Å². The predicted octanol–water partition coefficient (Wildman–Crippen LogP) is 4.28. The molecule has 138 valence electrons. The van der Waals surface area contributed by atoms with Crippen molar-refractivity contribution in [2.24, 2.45) is 5.92 Å². The van der Waals surface area contributed by atoms with Crippen LogP contribution in [-0.4, -0.2) is 12.7 Å². The van der Waals surface area contributed by atoms with E-state index in [0.29, 0.717) is 28.8 Å². The number of ether oxygens (including phenoxy) is 2. The van der Waals surface area contributed by atoms with Crippen molar-refractivity contribution >= 4 is 29.7 Å². The lowest BCUT2D eigenvalue weighted by atomic mass is 10.00. The molecule has 0 aromatic heterocycles. The average molecular weight is 375 g/mol. The van der Waals surface area contributed by atoms with Gasteiger partial charge < -0.3 is 20.5 Å². The van der Waals surface area contributed by atoms with Crippen LogP contribution in [0.3, 0.4) is 0 Å². The molecule has 6 heteroatoms. The quantitative estimate of drug-likeness (QED) is 0.783. The van der Waals surface area contributed by atoms with Crippen molar-refractivity contribution in [2.75, 3.05) is 17.8 Å². The highest BCUT2D eigenvalue weighted by Gasteiger charge is 2.44. The van der Waals surface area contributed by atoms with Crippen molar-refractivity contribution in [1.29, 1.82) is 0 Å². The lowest BCUT2D eigenvalue weighted by Crippen LogP contribution is -2.15. The molecule has 4 rings (SSSR count). The first-order valence-corrected chi connectivity index (χ1v) is 8.63. The Morgan fingerprint density at radius 1 is 1.15 bits per heavy atom. The summed E-state index contributed by atoms with van der Waals surface area (Å²) in [6, 6.07) is 12.0. The minimum Gasteiger partial charge on any atom is -0.454 e. The van der Waals surface area contributed by atoms with Gasteiger partial charge in [-0.3, -0.25) is 4.79 Å². The van der Waals surface area contributed by atoms with Crippen LogP contribution in [0.4, 0.5) is 11.4 Å². The van der Waals surface area contributed by atoms with Crippen molar-refractivity contribution in [3.8, 4) is 11.5 Å². The molecule has 2 aliphatic rings. The summed E-state index contributed by atoms with van der Waals surface area (Å²) in [6.07, 6.45) is 0.872. The molecule has 26 heavy (non-hydrogen) atoms. The minimum atomic E-state index is -0.00489. The first-order valence-electron chi connectivity index (χ1n) is 8.63. The fourth-order valence-electron chi connectivity index (χ4n) is 3.27. The van der Waals surface area contributed by atoms with Crippen molar-refractivity contribution < 1.29 is 14.3 Å². The second-order valence-corrected chi connectivity index (χ2v) is 7.05. The van der Waals surface area contributed by atoms with Gasteiger partial charge in [0, 0.05) is 18.1 Å². The summed E-state index contributed by atoms with van der Waals surface area (Å²) in [6.45, 7) is 4.54. The minimum absolute atomic E-state index is 0. The standard InChI is InChI=1S/C20H22N2O3.ClH/c1-11(2)12-3-5-13(6-4-12)14-7-15(14)20(23)22-17-9-19-18(8-16(17)21)24-10-25-19;/h3-6,8-9,11,14-15H,7,10,21H2,1-2H3,(H,22,23);1H. The molecular weight excluding hydrogens is 352 g/mol. The molecule has 0 bridgehead atoms. The number of nitrogens with one attached hydrogen (secondary N) is 1. The van der Waals surface area contributed by atoms with Crippen LogP contribution < -0.4 is 20.5 Å². The first kappa shape index (κ1) is 18.4. The highest BCUT2D eigenvalue weighted by molar-refractivity contribution is 5.98. The maximum Gasteiger partial charge on any atom is 0.231 e. The number of nitrogens with two attached hydrogens (primary N) is 1. The van der Waals surface area contributed by atoms with Gasteiger partial charge in [-0.25, -0.2) is 0 Å². The molecule has 2 unspecified atom stereocenters. The normalized spacial score (nSPS) is 19.8. The van der Waals surface area contributed by atoms with E-state index in [1.54, 1.807) is 12.1 Å². The zero-order valence-electron chi connectivity index (χ0n) is 14.8. The maximum atomic E-state index is 12.5. The lowest BCUT2D eigenvalue weighted by molar-refractivity contribution is -0.117. The fraction of sp³-hybridized carbons (Fsp3) is 0.350. The number of rotatable bonds is 4. The molecule has 0 radical (unpaired) electrons. The van der Waals surface area contributed by atoms with Crippen LogP contribution >= 0.6 is 12.4 Å². The number of nitrogen functional groups attached to an aromatic ring is 1. The Hall–Kier alpha value is -2.40. The summed E-state index contributed by atoms with van der Waals surface area (Å²) >= 11 is 0. The van der Waals surface area contributed by atoms with Crippen LogP contribution in [0.25, 0.3) is 0 Å². The summed E-state index contributed by atoms with van der Waals surface area (Å²) < 4.78 is 10.6. The number of carbonyl (C=O) groups excluding carboxylic acids is 1. The number of hydrogen-bond acceptors (Lipinski definition) is 4. The Balaban J connectivity index is 0.00000196. The molecular formula is C20H23ClN2O3. The van der Waals surface area contributed by atoms with Gasteiger partial charge in [-0.1, -0.05) is 38.1 Å². The van der Waals surface area contributed by atoms with Crippen LogP contribution in [0.15, 0.2) is 36.4 Å². The van der Waals surface area contributed by atoms with E-state index in [0.717, 1.165) is 6.42 Å². The summed E-state index contributed by atoms with van der Waals surface area (Å²) in [4.78, 5) is 12.5. The first-order chi connectivity index (χ1) is 12.0. The largest absolute Gasteiger partial charge is 0.454 e. The molecule has 1 saturated carbocycles. The van der Waals surface area contributed by atoms with Crippen LogP contribution in [0.1, 0.15) is 43.2 Å². The maximum absolute atomic E-state index is 12.5. The molecule has 1 amide bonds. The zero-order chi connectivity index (χ0) is 17.6. The van der Waals surface area contributed by atoms with Crippen LogP contribution in [0.5, 0.6) is 11.5 Å². The van der Waals surface area contributed by atoms with Crippen LogP contribution in [0.2, 0.25) is 0 Å². The number of fused-ring (bicyclic) bond motifs is 1. The molecule has 1 aliphatic heterocycles.